The van der Waals surface area contributed by atoms with Crippen LogP contribution in [0.2, 0.25) is 5.02 Å². The van der Waals surface area contributed by atoms with Crippen LogP contribution in [0.4, 0.5) is 5.69 Å². The minimum atomic E-state index is -0.578. The fourth-order valence-electron chi connectivity index (χ4n) is 1.93. The molecule has 1 aromatic heterocycles. The zero-order chi connectivity index (χ0) is 15.6. The van der Waals surface area contributed by atoms with Gasteiger partial charge in [-0.15, -0.1) is 11.3 Å². The van der Waals surface area contributed by atoms with Crippen LogP contribution in [0.5, 0.6) is 0 Å². The summed E-state index contributed by atoms with van der Waals surface area (Å²) in [7, 11) is 0. The third-order valence-electron chi connectivity index (χ3n) is 3.11. The Bertz CT molecular complexity index is 646. The van der Waals surface area contributed by atoms with Gasteiger partial charge in [-0.1, -0.05) is 44.5 Å². The lowest BCUT2D eigenvalue weighted by Gasteiger charge is -2.18. The molecule has 1 unspecified atom stereocenters. The van der Waals surface area contributed by atoms with Gasteiger partial charge in [0.2, 0.25) is 5.91 Å². The molecular weight excluding hydrogens is 304 g/mol. The zero-order valence-corrected chi connectivity index (χ0v) is 13.9. The number of hydrogen-bond acceptors (Lipinski definition) is 3. The lowest BCUT2D eigenvalue weighted by Crippen LogP contribution is -2.27. The van der Waals surface area contributed by atoms with E-state index in [1.54, 1.807) is 17.4 Å². The topological polar surface area (TPSA) is 55.1 Å². The molecular formula is C16H19ClN2OS. The van der Waals surface area contributed by atoms with Crippen LogP contribution in [-0.2, 0) is 10.2 Å². The van der Waals surface area contributed by atoms with Gasteiger partial charge in [0.1, 0.15) is 6.04 Å². The number of hydrogen-bond donors (Lipinski definition) is 2. The molecule has 0 aliphatic rings. The average Bonchev–Trinajstić information content (AvgIpc) is 2.86. The van der Waals surface area contributed by atoms with Crippen LogP contribution in [0.1, 0.15) is 36.6 Å². The van der Waals surface area contributed by atoms with Gasteiger partial charge >= 0.3 is 0 Å². The second-order valence-corrected chi connectivity index (χ2v) is 7.43. The van der Waals surface area contributed by atoms with E-state index in [-0.39, 0.29) is 5.41 Å². The summed E-state index contributed by atoms with van der Waals surface area (Å²) < 4.78 is 0. The number of primary amides is 1. The molecule has 0 aliphatic carbocycles. The van der Waals surface area contributed by atoms with E-state index in [1.165, 1.54) is 4.88 Å². The normalized spacial score (nSPS) is 13.0. The first-order chi connectivity index (χ1) is 9.79. The number of para-hydroxylation sites is 1. The Morgan fingerprint density at radius 1 is 1.24 bits per heavy atom. The smallest absolute Gasteiger partial charge is 0.245 e. The Labute approximate surface area is 134 Å². The Kier molecular flexibility index (Phi) is 4.59. The summed E-state index contributed by atoms with van der Waals surface area (Å²) in [4.78, 5) is 13.9. The molecule has 2 aromatic rings. The van der Waals surface area contributed by atoms with Crippen molar-refractivity contribution in [3.63, 3.8) is 0 Å². The summed E-state index contributed by atoms with van der Waals surface area (Å²) in [6, 6.07) is 10.7. The van der Waals surface area contributed by atoms with E-state index in [1.807, 2.05) is 30.3 Å². The van der Waals surface area contributed by atoms with Crippen molar-refractivity contribution in [1.82, 2.24) is 0 Å². The predicted molar refractivity (Wildman–Crippen MR) is 90.0 cm³/mol. The number of thiophene rings is 1. The van der Waals surface area contributed by atoms with Crippen molar-refractivity contribution in [2.75, 3.05) is 5.32 Å². The lowest BCUT2D eigenvalue weighted by atomic mass is 9.95. The lowest BCUT2D eigenvalue weighted by molar-refractivity contribution is -0.118. The first-order valence-corrected chi connectivity index (χ1v) is 7.89. The molecule has 2 rings (SSSR count). The number of carbonyl (C=O) groups is 1. The van der Waals surface area contributed by atoms with Crippen LogP contribution in [0, 0.1) is 0 Å². The predicted octanol–water partition coefficient (Wildman–Crippen LogP) is 4.34. The van der Waals surface area contributed by atoms with Crippen LogP contribution in [0.3, 0.4) is 0 Å². The molecule has 0 spiro atoms. The molecule has 5 heteroatoms. The first-order valence-electron chi connectivity index (χ1n) is 6.69. The fourth-order valence-corrected chi connectivity index (χ4v) is 3.24. The van der Waals surface area contributed by atoms with Crippen molar-refractivity contribution in [2.24, 2.45) is 5.73 Å². The summed E-state index contributed by atoms with van der Waals surface area (Å²) in [5.41, 5.74) is 6.30. The van der Waals surface area contributed by atoms with E-state index >= 15 is 0 Å². The second-order valence-electron chi connectivity index (χ2n) is 5.91. The van der Waals surface area contributed by atoms with Gasteiger partial charge in [-0.25, -0.2) is 0 Å². The van der Waals surface area contributed by atoms with Gasteiger partial charge in [-0.3, -0.25) is 4.79 Å². The Hall–Kier alpha value is -1.52. The highest BCUT2D eigenvalue weighted by molar-refractivity contribution is 7.12. The standard InChI is InChI=1S/C16H19ClN2OS/c1-16(2,3)13-9-8-12(21-13)14(15(18)20)19-11-7-5-4-6-10(11)17/h4-9,14,19H,1-3H3,(H2,18,20). The minimum Gasteiger partial charge on any atom is -0.368 e. The van der Waals surface area contributed by atoms with Gasteiger partial charge < -0.3 is 11.1 Å². The van der Waals surface area contributed by atoms with E-state index in [0.717, 1.165) is 4.88 Å². The van der Waals surface area contributed by atoms with Crippen molar-refractivity contribution < 1.29 is 4.79 Å². The number of amides is 1. The van der Waals surface area contributed by atoms with Gasteiger partial charge in [0.15, 0.2) is 0 Å². The van der Waals surface area contributed by atoms with Gasteiger partial charge in [-0.2, -0.15) is 0 Å². The number of nitrogens with one attached hydrogen (secondary N) is 1. The highest BCUT2D eigenvalue weighted by Gasteiger charge is 2.23. The number of rotatable bonds is 4. The highest BCUT2D eigenvalue weighted by Crippen LogP contribution is 2.34. The largest absolute Gasteiger partial charge is 0.368 e. The van der Waals surface area contributed by atoms with Crippen LogP contribution in [0.15, 0.2) is 36.4 Å². The second kappa shape index (κ2) is 6.08. The fraction of sp³-hybridized carbons (Fsp3) is 0.312. The molecule has 0 saturated heterocycles. The molecule has 0 aliphatic heterocycles. The first kappa shape index (κ1) is 15.9. The Morgan fingerprint density at radius 2 is 1.90 bits per heavy atom. The molecule has 21 heavy (non-hydrogen) atoms. The van der Waals surface area contributed by atoms with Crippen LogP contribution in [-0.4, -0.2) is 5.91 Å². The van der Waals surface area contributed by atoms with Crippen LogP contribution >= 0.6 is 22.9 Å². The minimum absolute atomic E-state index is 0.0511. The molecule has 112 valence electrons. The van der Waals surface area contributed by atoms with Crippen molar-refractivity contribution in [1.29, 1.82) is 0 Å². The van der Waals surface area contributed by atoms with Gasteiger partial charge in [0.25, 0.3) is 0 Å². The van der Waals surface area contributed by atoms with Crippen molar-refractivity contribution >= 4 is 34.5 Å². The number of halogens is 1. The average molecular weight is 323 g/mol. The van der Waals surface area contributed by atoms with Crippen LogP contribution < -0.4 is 11.1 Å². The third kappa shape index (κ3) is 3.77. The van der Waals surface area contributed by atoms with E-state index in [4.69, 9.17) is 17.3 Å². The quantitative estimate of drug-likeness (QED) is 0.879. The Balaban J connectivity index is 2.30. The van der Waals surface area contributed by atoms with E-state index in [2.05, 4.69) is 26.1 Å². The molecule has 0 fully saturated rings. The SMILES string of the molecule is CC(C)(C)c1ccc(C(Nc2ccccc2Cl)C(N)=O)s1. The maximum absolute atomic E-state index is 11.8. The Morgan fingerprint density at radius 3 is 2.43 bits per heavy atom. The van der Waals surface area contributed by atoms with E-state index in [9.17, 15) is 4.79 Å². The number of nitrogens with two attached hydrogens (primary N) is 1. The molecule has 0 bridgehead atoms. The monoisotopic (exact) mass is 322 g/mol. The maximum atomic E-state index is 11.8. The molecule has 1 aromatic carbocycles. The number of anilines is 1. The van der Waals surface area contributed by atoms with Crippen molar-refractivity contribution in [2.45, 2.75) is 32.2 Å². The number of benzene rings is 1. The molecule has 1 amide bonds. The van der Waals surface area contributed by atoms with Crippen molar-refractivity contribution in [3.8, 4) is 0 Å². The third-order valence-corrected chi connectivity index (χ3v) is 5.01. The molecule has 1 atom stereocenters. The molecule has 3 N–H and O–H groups in total. The molecule has 3 nitrogen and oxygen atoms in total. The molecule has 0 radical (unpaired) electrons. The molecule has 1 heterocycles. The van der Waals surface area contributed by atoms with Gasteiger partial charge in [0, 0.05) is 9.75 Å². The maximum Gasteiger partial charge on any atom is 0.245 e. The summed E-state index contributed by atoms with van der Waals surface area (Å²) in [5, 5.41) is 3.70. The summed E-state index contributed by atoms with van der Waals surface area (Å²) in [6.45, 7) is 6.43. The van der Waals surface area contributed by atoms with Crippen LogP contribution in [0.25, 0.3) is 0 Å². The van der Waals surface area contributed by atoms with Gasteiger partial charge in [0.05, 0.1) is 10.7 Å². The summed E-state index contributed by atoms with van der Waals surface area (Å²) >= 11 is 7.72. The van der Waals surface area contributed by atoms with E-state index < -0.39 is 11.9 Å². The van der Waals surface area contributed by atoms with Crippen molar-refractivity contribution in [3.05, 3.63) is 51.2 Å². The summed E-state index contributed by atoms with van der Waals surface area (Å²) in [6.07, 6.45) is 0. The summed E-state index contributed by atoms with van der Waals surface area (Å²) in [5.74, 6) is -0.419. The highest BCUT2D eigenvalue weighted by atomic mass is 35.5. The molecule has 0 saturated carbocycles. The van der Waals surface area contributed by atoms with Gasteiger partial charge in [-0.05, 0) is 29.7 Å². The number of carbonyl (C=O) groups excluding carboxylic acids is 1. The zero-order valence-electron chi connectivity index (χ0n) is 12.3. The van der Waals surface area contributed by atoms with E-state index in [0.29, 0.717) is 10.7 Å².